The van der Waals surface area contributed by atoms with Gasteiger partial charge in [0, 0.05) is 38.6 Å². The van der Waals surface area contributed by atoms with E-state index in [9.17, 15) is 4.79 Å². The summed E-state index contributed by atoms with van der Waals surface area (Å²) < 4.78 is 0. The van der Waals surface area contributed by atoms with Gasteiger partial charge in [0.05, 0.1) is 0 Å². The average molecular weight is 232 g/mol. The molecule has 0 aromatic carbocycles. The highest BCUT2D eigenvalue weighted by molar-refractivity contribution is 5.90. The topological polar surface area (TPSA) is 58.1 Å². The Labute approximate surface area is 101 Å². The molecule has 0 unspecified atom stereocenters. The summed E-state index contributed by atoms with van der Waals surface area (Å²) in [5.74, 6) is 0.0733. The molecule has 1 aromatic rings. The molecule has 2 rings (SSSR count). The van der Waals surface area contributed by atoms with E-state index in [1.54, 1.807) is 26.5 Å². The van der Waals surface area contributed by atoms with Gasteiger partial charge >= 0.3 is 0 Å². The largest absolute Gasteiger partial charge is 0.342 e. The van der Waals surface area contributed by atoms with E-state index in [1.807, 2.05) is 0 Å². The maximum atomic E-state index is 11.6. The summed E-state index contributed by atoms with van der Waals surface area (Å²) in [6.45, 7) is 1.86. The molecule has 0 saturated heterocycles. The first-order valence-corrected chi connectivity index (χ1v) is 5.62. The van der Waals surface area contributed by atoms with Crippen molar-refractivity contribution in [3.63, 3.8) is 0 Å². The number of amides is 1. The fraction of sp³-hybridized carbons (Fsp3) is 0.417. The van der Waals surface area contributed by atoms with E-state index >= 15 is 0 Å². The zero-order chi connectivity index (χ0) is 12.3. The lowest BCUT2D eigenvalue weighted by molar-refractivity contribution is 0.0815. The molecule has 1 aromatic heterocycles. The smallest absolute Gasteiger partial charge is 0.291 e. The average Bonchev–Trinajstić information content (AvgIpc) is 2.39. The van der Waals surface area contributed by atoms with Crippen LogP contribution in [0.1, 0.15) is 22.6 Å². The van der Waals surface area contributed by atoms with Gasteiger partial charge in [0.2, 0.25) is 5.82 Å². The van der Waals surface area contributed by atoms with Crippen LogP contribution in [0.2, 0.25) is 0 Å². The van der Waals surface area contributed by atoms with Gasteiger partial charge in [-0.25, -0.2) is 9.97 Å². The van der Waals surface area contributed by atoms with E-state index in [4.69, 9.17) is 0 Å². The molecular weight excluding hydrogens is 216 g/mol. The van der Waals surface area contributed by atoms with Crippen molar-refractivity contribution in [1.82, 2.24) is 20.2 Å². The summed E-state index contributed by atoms with van der Waals surface area (Å²) in [6.07, 6.45) is 6.56. The maximum Gasteiger partial charge on any atom is 0.291 e. The fourth-order valence-electron chi connectivity index (χ4n) is 1.69. The first-order valence-electron chi connectivity index (χ1n) is 5.62. The van der Waals surface area contributed by atoms with E-state index in [0.29, 0.717) is 0 Å². The fourth-order valence-corrected chi connectivity index (χ4v) is 1.69. The second-order valence-corrected chi connectivity index (χ2v) is 4.18. The van der Waals surface area contributed by atoms with Crippen LogP contribution in [0.15, 0.2) is 18.5 Å². The van der Waals surface area contributed by atoms with Crippen LogP contribution in [-0.4, -0.2) is 48.0 Å². The van der Waals surface area contributed by atoms with E-state index < -0.39 is 0 Å². The van der Waals surface area contributed by atoms with Crippen LogP contribution < -0.4 is 5.32 Å². The number of rotatable bonds is 2. The molecule has 0 bridgehead atoms. The highest BCUT2D eigenvalue weighted by atomic mass is 16.2. The first-order chi connectivity index (χ1) is 8.18. The molecule has 90 valence electrons. The molecular formula is C12H16N4O. The Morgan fingerprint density at radius 3 is 2.59 bits per heavy atom. The molecule has 2 heterocycles. The van der Waals surface area contributed by atoms with Crippen molar-refractivity contribution in [3.8, 4) is 0 Å². The standard InChI is InChI=1S/C12H16N4O/c1-16(2)12(17)11-14-7-10(8-15-11)9-3-5-13-6-4-9/h3,7-8,13H,4-6H2,1-2H3. The first kappa shape index (κ1) is 11.7. The maximum absolute atomic E-state index is 11.6. The highest BCUT2D eigenvalue weighted by Crippen LogP contribution is 2.17. The van der Waals surface area contributed by atoms with Gasteiger partial charge < -0.3 is 10.2 Å². The van der Waals surface area contributed by atoms with Crippen LogP contribution in [0, 0.1) is 0 Å². The van der Waals surface area contributed by atoms with E-state index in [1.165, 1.54) is 10.5 Å². The molecule has 1 aliphatic rings. The number of hydrogen-bond acceptors (Lipinski definition) is 4. The van der Waals surface area contributed by atoms with Crippen LogP contribution in [0.3, 0.4) is 0 Å². The molecule has 1 amide bonds. The quantitative estimate of drug-likeness (QED) is 0.809. The van der Waals surface area contributed by atoms with Crippen molar-refractivity contribution in [2.45, 2.75) is 6.42 Å². The number of nitrogens with one attached hydrogen (secondary N) is 1. The van der Waals surface area contributed by atoms with Gasteiger partial charge in [-0.2, -0.15) is 0 Å². The lowest BCUT2D eigenvalue weighted by Crippen LogP contribution is -2.24. The Morgan fingerprint density at radius 1 is 1.35 bits per heavy atom. The minimum atomic E-state index is -0.171. The van der Waals surface area contributed by atoms with Gasteiger partial charge in [0.1, 0.15) is 0 Å². The summed E-state index contributed by atoms with van der Waals surface area (Å²) in [5.41, 5.74) is 2.24. The van der Waals surface area contributed by atoms with Crippen molar-refractivity contribution >= 4 is 11.5 Å². The zero-order valence-electron chi connectivity index (χ0n) is 10.1. The van der Waals surface area contributed by atoms with Gasteiger partial charge in [0.25, 0.3) is 5.91 Å². The third-order valence-corrected chi connectivity index (χ3v) is 2.68. The monoisotopic (exact) mass is 232 g/mol. The van der Waals surface area contributed by atoms with Crippen molar-refractivity contribution in [1.29, 1.82) is 0 Å². The lowest BCUT2D eigenvalue weighted by atomic mass is 10.0. The van der Waals surface area contributed by atoms with Crippen molar-refractivity contribution in [2.24, 2.45) is 0 Å². The zero-order valence-corrected chi connectivity index (χ0v) is 10.1. The summed E-state index contributed by atoms with van der Waals surface area (Å²) >= 11 is 0. The lowest BCUT2D eigenvalue weighted by Gasteiger charge is -2.14. The van der Waals surface area contributed by atoms with Crippen LogP contribution in [0.4, 0.5) is 0 Å². The number of aromatic nitrogens is 2. The second kappa shape index (κ2) is 5.05. The predicted octanol–water partition coefficient (Wildman–Crippen LogP) is 0.555. The molecule has 5 nitrogen and oxygen atoms in total. The summed E-state index contributed by atoms with van der Waals surface area (Å²) in [7, 11) is 3.38. The number of carbonyl (C=O) groups is 1. The Morgan fingerprint density at radius 2 is 2.06 bits per heavy atom. The molecule has 17 heavy (non-hydrogen) atoms. The Hall–Kier alpha value is -1.75. The highest BCUT2D eigenvalue weighted by Gasteiger charge is 2.12. The predicted molar refractivity (Wildman–Crippen MR) is 65.5 cm³/mol. The van der Waals surface area contributed by atoms with Crippen LogP contribution in [0.25, 0.3) is 5.57 Å². The normalized spacial score (nSPS) is 15.3. The third-order valence-electron chi connectivity index (χ3n) is 2.68. The minimum Gasteiger partial charge on any atom is -0.342 e. The Balaban J connectivity index is 2.18. The molecule has 1 aliphatic heterocycles. The molecule has 0 radical (unpaired) electrons. The van der Waals surface area contributed by atoms with Gasteiger partial charge in [-0.15, -0.1) is 0 Å². The van der Waals surface area contributed by atoms with Gasteiger partial charge in [0.15, 0.2) is 0 Å². The third kappa shape index (κ3) is 2.68. The number of nitrogens with zero attached hydrogens (tertiary/aromatic N) is 3. The van der Waals surface area contributed by atoms with Crippen LogP contribution >= 0.6 is 0 Å². The molecule has 0 saturated carbocycles. The Bertz CT molecular complexity index is 436. The van der Waals surface area contributed by atoms with E-state index in [2.05, 4.69) is 21.4 Å². The van der Waals surface area contributed by atoms with Crippen molar-refractivity contribution in [3.05, 3.63) is 29.9 Å². The molecule has 5 heteroatoms. The summed E-state index contributed by atoms with van der Waals surface area (Å²) in [6, 6.07) is 0. The van der Waals surface area contributed by atoms with E-state index in [-0.39, 0.29) is 11.7 Å². The van der Waals surface area contributed by atoms with Crippen molar-refractivity contribution < 1.29 is 4.79 Å². The van der Waals surface area contributed by atoms with Gasteiger partial charge in [-0.05, 0) is 18.5 Å². The van der Waals surface area contributed by atoms with Crippen LogP contribution in [-0.2, 0) is 0 Å². The van der Waals surface area contributed by atoms with E-state index in [0.717, 1.165) is 25.1 Å². The number of carbonyl (C=O) groups excluding carboxylic acids is 1. The summed E-state index contributed by atoms with van der Waals surface area (Å²) in [4.78, 5) is 21.3. The molecule has 0 fully saturated rings. The molecule has 0 spiro atoms. The second-order valence-electron chi connectivity index (χ2n) is 4.18. The SMILES string of the molecule is CN(C)C(=O)c1ncc(C2=CCNCC2)cn1. The number of hydrogen-bond donors (Lipinski definition) is 1. The summed E-state index contributed by atoms with van der Waals surface area (Å²) in [5, 5.41) is 3.25. The van der Waals surface area contributed by atoms with Crippen LogP contribution in [0.5, 0.6) is 0 Å². The minimum absolute atomic E-state index is 0.171. The van der Waals surface area contributed by atoms with Gasteiger partial charge in [-0.1, -0.05) is 6.08 Å². The van der Waals surface area contributed by atoms with Gasteiger partial charge in [-0.3, -0.25) is 4.79 Å². The molecule has 0 aliphatic carbocycles. The molecule has 1 N–H and O–H groups in total. The molecule has 0 atom stereocenters. The van der Waals surface area contributed by atoms with Crippen molar-refractivity contribution in [2.75, 3.05) is 27.2 Å². The Kier molecular flexibility index (Phi) is 3.49.